The van der Waals surface area contributed by atoms with Gasteiger partial charge in [0.05, 0.1) is 0 Å². The molecule has 15 heavy (non-hydrogen) atoms. The lowest BCUT2D eigenvalue weighted by molar-refractivity contribution is 0.632. The van der Waals surface area contributed by atoms with Gasteiger partial charge in [0.1, 0.15) is 0 Å². The van der Waals surface area contributed by atoms with E-state index in [0.29, 0.717) is 0 Å². The molecular formula is C14H22S. The van der Waals surface area contributed by atoms with Crippen molar-refractivity contribution in [3.05, 3.63) is 29.8 Å². The predicted octanol–water partition coefficient (Wildman–Crippen LogP) is 4.92. The first-order valence-electron chi connectivity index (χ1n) is 5.99. The Kier molecular flexibility index (Phi) is 6.58. The van der Waals surface area contributed by atoms with Crippen LogP contribution in [-0.4, -0.2) is 6.26 Å². The third kappa shape index (κ3) is 5.27. The van der Waals surface area contributed by atoms with Gasteiger partial charge in [-0.05, 0) is 36.8 Å². The molecule has 1 aromatic rings. The van der Waals surface area contributed by atoms with E-state index < -0.39 is 0 Å². The average molecular weight is 222 g/mol. The van der Waals surface area contributed by atoms with Gasteiger partial charge in [0.25, 0.3) is 0 Å². The first kappa shape index (κ1) is 12.6. The zero-order valence-electron chi connectivity index (χ0n) is 9.96. The molecule has 0 saturated heterocycles. The quantitative estimate of drug-likeness (QED) is 0.466. The van der Waals surface area contributed by atoms with E-state index in [4.69, 9.17) is 0 Å². The molecule has 0 nitrogen and oxygen atoms in total. The average Bonchev–Trinajstić information content (AvgIpc) is 2.30. The van der Waals surface area contributed by atoms with E-state index in [1.807, 2.05) is 11.8 Å². The highest BCUT2D eigenvalue weighted by Gasteiger charge is 1.94. The number of hydrogen-bond acceptors (Lipinski definition) is 1. The lowest BCUT2D eigenvalue weighted by Gasteiger charge is -2.02. The van der Waals surface area contributed by atoms with Gasteiger partial charge in [0.15, 0.2) is 0 Å². The Labute approximate surface area is 98.5 Å². The summed E-state index contributed by atoms with van der Waals surface area (Å²) in [4.78, 5) is 1.37. The summed E-state index contributed by atoms with van der Waals surface area (Å²) in [6.45, 7) is 2.27. The SMILES string of the molecule is CCCCCCCc1ccc(SC)cc1. The summed E-state index contributed by atoms with van der Waals surface area (Å²) < 4.78 is 0. The topological polar surface area (TPSA) is 0 Å². The molecule has 0 radical (unpaired) electrons. The molecule has 84 valence electrons. The smallest absolute Gasteiger partial charge is 0.00693 e. The fourth-order valence-corrected chi connectivity index (χ4v) is 2.13. The van der Waals surface area contributed by atoms with Crippen molar-refractivity contribution in [2.24, 2.45) is 0 Å². The summed E-state index contributed by atoms with van der Waals surface area (Å²) in [6.07, 6.45) is 10.2. The van der Waals surface area contributed by atoms with Crippen LogP contribution in [0.5, 0.6) is 0 Å². The molecule has 0 saturated carbocycles. The van der Waals surface area contributed by atoms with Crippen molar-refractivity contribution in [2.45, 2.75) is 50.3 Å². The van der Waals surface area contributed by atoms with E-state index in [1.54, 1.807) is 0 Å². The van der Waals surface area contributed by atoms with Crippen LogP contribution in [0.1, 0.15) is 44.6 Å². The molecule has 0 bridgehead atoms. The Balaban J connectivity index is 2.20. The highest BCUT2D eigenvalue weighted by molar-refractivity contribution is 7.98. The lowest BCUT2D eigenvalue weighted by atomic mass is 10.1. The van der Waals surface area contributed by atoms with Gasteiger partial charge in [-0.2, -0.15) is 0 Å². The molecule has 0 aliphatic carbocycles. The molecule has 0 N–H and O–H groups in total. The van der Waals surface area contributed by atoms with Crippen LogP contribution in [-0.2, 0) is 6.42 Å². The van der Waals surface area contributed by atoms with Crippen molar-refractivity contribution >= 4 is 11.8 Å². The molecule has 0 spiro atoms. The third-order valence-corrected chi connectivity index (χ3v) is 3.47. The molecular weight excluding hydrogens is 200 g/mol. The molecule has 0 aliphatic rings. The van der Waals surface area contributed by atoms with Crippen molar-refractivity contribution in [3.63, 3.8) is 0 Å². The van der Waals surface area contributed by atoms with Crippen LogP contribution < -0.4 is 0 Å². The van der Waals surface area contributed by atoms with E-state index >= 15 is 0 Å². The molecule has 1 heteroatoms. The Morgan fingerprint density at radius 3 is 2.20 bits per heavy atom. The molecule has 0 unspecified atom stereocenters. The summed E-state index contributed by atoms with van der Waals surface area (Å²) in [5, 5.41) is 0. The van der Waals surface area contributed by atoms with Crippen LogP contribution in [0.4, 0.5) is 0 Å². The summed E-state index contributed by atoms with van der Waals surface area (Å²) in [6, 6.07) is 9.00. The second-order valence-electron chi connectivity index (χ2n) is 4.01. The molecule has 0 aromatic heterocycles. The molecule has 1 aromatic carbocycles. The number of aryl methyl sites for hydroxylation is 1. The molecule has 0 amide bonds. The highest BCUT2D eigenvalue weighted by Crippen LogP contribution is 2.16. The minimum absolute atomic E-state index is 1.25. The first-order chi connectivity index (χ1) is 7.36. The highest BCUT2D eigenvalue weighted by atomic mass is 32.2. The van der Waals surface area contributed by atoms with E-state index in [9.17, 15) is 0 Å². The van der Waals surface area contributed by atoms with Crippen LogP contribution in [0.3, 0.4) is 0 Å². The number of rotatable bonds is 7. The van der Waals surface area contributed by atoms with Crippen LogP contribution in [0.2, 0.25) is 0 Å². The number of unbranched alkanes of at least 4 members (excludes halogenated alkanes) is 4. The Bertz CT molecular complexity index is 251. The van der Waals surface area contributed by atoms with E-state index in [1.165, 1.54) is 49.0 Å². The molecule has 1 rings (SSSR count). The second-order valence-corrected chi connectivity index (χ2v) is 4.89. The molecule has 0 heterocycles. The van der Waals surface area contributed by atoms with Gasteiger partial charge in [-0.15, -0.1) is 11.8 Å². The van der Waals surface area contributed by atoms with Gasteiger partial charge in [-0.1, -0.05) is 44.7 Å². The predicted molar refractivity (Wildman–Crippen MR) is 70.7 cm³/mol. The van der Waals surface area contributed by atoms with Crippen molar-refractivity contribution in [2.75, 3.05) is 6.26 Å². The number of benzene rings is 1. The van der Waals surface area contributed by atoms with Crippen LogP contribution >= 0.6 is 11.8 Å². The molecule has 0 atom stereocenters. The summed E-state index contributed by atoms with van der Waals surface area (Å²) in [7, 11) is 0. The maximum atomic E-state index is 2.27. The minimum atomic E-state index is 1.25. The second kappa shape index (κ2) is 7.81. The molecule has 0 aliphatic heterocycles. The van der Waals surface area contributed by atoms with Gasteiger partial charge in [-0.3, -0.25) is 0 Å². The van der Waals surface area contributed by atoms with Gasteiger partial charge in [0, 0.05) is 4.90 Å². The monoisotopic (exact) mass is 222 g/mol. The molecule has 0 fully saturated rings. The Morgan fingerprint density at radius 2 is 1.60 bits per heavy atom. The largest absolute Gasteiger partial charge is 0.130 e. The van der Waals surface area contributed by atoms with Crippen LogP contribution in [0.25, 0.3) is 0 Å². The normalized spacial score (nSPS) is 10.5. The van der Waals surface area contributed by atoms with Gasteiger partial charge >= 0.3 is 0 Å². The van der Waals surface area contributed by atoms with Crippen LogP contribution in [0, 0.1) is 0 Å². The fraction of sp³-hybridized carbons (Fsp3) is 0.571. The lowest BCUT2D eigenvalue weighted by Crippen LogP contribution is -1.85. The zero-order chi connectivity index (χ0) is 10.9. The Hall–Kier alpha value is -0.430. The zero-order valence-corrected chi connectivity index (χ0v) is 10.8. The standard InChI is InChI=1S/C14H22S/c1-3-4-5-6-7-8-13-9-11-14(15-2)12-10-13/h9-12H,3-8H2,1-2H3. The van der Waals surface area contributed by atoms with Gasteiger partial charge < -0.3 is 0 Å². The summed E-state index contributed by atoms with van der Waals surface area (Å²) in [5.41, 5.74) is 1.49. The van der Waals surface area contributed by atoms with Gasteiger partial charge in [-0.25, -0.2) is 0 Å². The number of hydrogen-bond donors (Lipinski definition) is 0. The third-order valence-electron chi connectivity index (χ3n) is 2.73. The van der Waals surface area contributed by atoms with E-state index in [-0.39, 0.29) is 0 Å². The summed E-state index contributed by atoms with van der Waals surface area (Å²) in [5.74, 6) is 0. The van der Waals surface area contributed by atoms with Crippen LogP contribution in [0.15, 0.2) is 29.2 Å². The number of thioether (sulfide) groups is 1. The fourth-order valence-electron chi connectivity index (χ4n) is 1.72. The van der Waals surface area contributed by atoms with Crippen molar-refractivity contribution in [1.82, 2.24) is 0 Å². The van der Waals surface area contributed by atoms with Crippen molar-refractivity contribution in [3.8, 4) is 0 Å². The van der Waals surface area contributed by atoms with Crippen molar-refractivity contribution in [1.29, 1.82) is 0 Å². The van der Waals surface area contributed by atoms with E-state index in [0.717, 1.165) is 0 Å². The first-order valence-corrected chi connectivity index (χ1v) is 7.22. The minimum Gasteiger partial charge on any atom is -0.130 e. The van der Waals surface area contributed by atoms with Crippen molar-refractivity contribution < 1.29 is 0 Å². The Morgan fingerprint density at radius 1 is 0.933 bits per heavy atom. The van der Waals surface area contributed by atoms with E-state index in [2.05, 4.69) is 37.4 Å². The van der Waals surface area contributed by atoms with Gasteiger partial charge in [0.2, 0.25) is 0 Å². The maximum absolute atomic E-state index is 2.27. The maximum Gasteiger partial charge on any atom is 0.00693 e. The summed E-state index contributed by atoms with van der Waals surface area (Å²) >= 11 is 1.81.